The zero-order valence-corrected chi connectivity index (χ0v) is 10.1. The average Bonchev–Trinajstić information content (AvgIpc) is 2.01. The van der Waals surface area contributed by atoms with Crippen molar-refractivity contribution in [3.8, 4) is 0 Å². The molecule has 72 valence electrons. The van der Waals surface area contributed by atoms with E-state index in [1.165, 1.54) is 25.7 Å². The van der Waals surface area contributed by atoms with Crippen molar-refractivity contribution in [2.75, 3.05) is 0 Å². The van der Waals surface area contributed by atoms with Gasteiger partial charge in [-0.1, -0.05) is 31.9 Å². The second kappa shape index (κ2) is 6.43. The highest BCUT2D eigenvalue weighted by Crippen LogP contribution is 2.17. The van der Waals surface area contributed by atoms with Crippen molar-refractivity contribution in [2.45, 2.75) is 52.1 Å². The lowest BCUT2D eigenvalue weighted by Gasteiger charge is -2.25. The number of hydrogen-bond donors (Lipinski definition) is 0. The van der Waals surface area contributed by atoms with Crippen LogP contribution in [0.5, 0.6) is 0 Å². The predicted octanol–water partition coefficient (Wildman–Crippen LogP) is 2.59. The molecule has 0 heterocycles. The summed E-state index contributed by atoms with van der Waals surface area (Å²) in [6.07, 6.45) is 5.08. The van der Waals surface area contributed by atoms with E-state index in [2.05, 4.69) is 27.4 Å². The second-order valence-electron chi connectivity index (χ2n) is 3.82. The zero-order valence-electron chi connectivity index (χ0n) is 8.73. The van der Waals surface area contributed by atoms with Crippen molar-refractivity contribution in [1.29, 1.82) is 0 Å². The van der Waals surface area contributed by atoms with Crippen molar-refractivity contribution >= 4 is 9.76 Å². The Bertz CT molecular complexity index is 121. The molecule has 0 N–H and O–H groups in total. The maximum absolute atomic E-state index is 5.75. The first-order valence-electron chi connectivity index (χ1n) is 4.87. The normalized spacial score (nSPS) is 12.6. The van der Waals surface area contributed by atoms with Gasteiger partial charge in [-0.25, -0.2) is 0 Å². The Morgan fingerprint density at radius 2 is 2.08 bits per heavy atom. The van der Waals surface area contributed by atoms with Gasteiger partial charge in [-0.05, 0) is 20.3 Å². The molecule has 0 fully saturated rings. The number of unbranched alkanes of at least 4 members (excludes halogenated alkanes) is 2. The molecule has 0 aromatic rings. The van der Waals surface area contributed by atoms with Gasteiger partial charge in [0.2, 0.25) is 0 Å². The Labute approximate surface area is 79.1 Å². The molecule has 0 atom stereocenters. The first-order chi connectivity index (χ1) is 5.62. The molecule has 0 aliphatic heterocycles. The van der Waals surface area contributed by atoms with E-state index in [1.807, 2.05) is 5.70 Å². The van der Waals surface area contributed by atoms with E-state index in [1.54, 1.807) is 0 Å². The van der Waals surface area contributed by atoms with Crippen LogP contribution >= 0.6 is 0 Å². The van der Waals surface area contributed by atoms with Gasteiger partial charge in [0.15, 0.2) is 9.76 Å². The van der Waals surface area contributed by atoms with Gasteiger partial charge in [0, 0.05) is 0 Å². The Hall–Kier alpha value is -0.0831. The molecule has 12 heavy (non-hydrogen) atoms. The molecular formula is C10H22OSi. The fraction of sp³-hybridized carbons (Fsp3) is 0.800. The van der Waals surface area contributed by atoms with Crippen LogP contribution in [0.1, 0.15) is 46.5 Å². The molecule has 0 spiro atoms. The molecule has 0 bridgehead atoms. The smallest absolute Gasteiger partial charge is 0.185 e. The van der Waals surface area contributed by atoms with Crippen LogP contribution in [0.2, 0.25) is 0 Å². The summed E-state index contributed by atoms with van der Waals surface area (Å²) in [5, 5.41) is 0. The van der Waals surface area contributed by atoms with Gasteiger partial charge >= 0.3 is 0 Å². The van der Waals surface area contributed by atoms with Crippen LogP contribution in [0.4, 0.5) is 0 Å². The van der Waals surface area contributed by atoms with Gasteiger partial charge < -0.3 is 4.43 Å². The molecule has 1 nitrogen and oxygen atoms in total. The third-order valence-electron chi connectivity index (χ3n) is 1.97. The summed E-state index contributed by atoms with van der Waals surface area (Å²) in [5.74, 6) is 0. The van der Waals surface area contributed by atoms with E-state index in [4.69, 9.17) is 4.43 Å². The van der Waals surface area contributed by atoms with Crippen LogP contribution in [-0.2, 0) is 4.43 Å². The molecular weight excluding hydrogens is 164 g/mol. The van der Waals surface area contributed by atoms with E-state index in [0.29, 0.717) is 0 Å². The van der Waals surface area contributed by atoms with Crippen molar-refractivity contribution < 1.29 is 4.43 Å². The average molecular weight is 186 g/mol. The lowest BCUT2D eigenvalue weighted by molar-refractivity contribution is 0.105. The first-order valence-corrected chi connectivity index (χ1v) is 6.26. The van der Waals surface area contributed by atoms with Gasteiger partial charge in [0.1, 0.15) is 0 Å². The van der Waals surface area contributed by atoms with Crippen molar-refractivity contribution in [2.24, 2.45) is 0 Å². The standard InChI is InChI=1S/C10H22OSi/c1-5-7-8-9-10(3,4)11-12-6-2/h6H,2,5,7-9,12H2,1,3-4H3. The van der Waals surface area contributed by atoms with Crippen LogP contribution in [0.3, 0.4) is 0 Å². The summed E-state index contributed by atoms with van der Waals surface area (Å²) < 4.78 is 5.75. The fourth-order valence-corrected chi connectivity index (χ4v) is 1.87. The summed E-state index contributed by atoms with van der Waals surface area (Å²) in [5.41, 5.74) is 2.04. The monoisotopic (exact) mass is 186 g/mol. The minimum atomic E-state index is -0.453. The molecule has 0 aromatic heterocycles. The van der Waals surface area contributed by atoms with Crippen molar-refractivity contribution in [3.63, 3.8) is 0 Å². The van der Waals surface area contributed by atoms with Crippen LogP contribution in [-0.4, -0.2) is 15.4 Å². The lowest BCUT2D eigenvalue weighted by Crippen LogP contribution is -2.25. The van der Waals surface area contributed by atoms with Gasteiger partial charge in [-0.15, -0.1) is 6.58 Å². The molecule has 0 amide bonds. The number of hydrogen-bond acceptors (Lipinski definition) is 1. The molecule has 0 saturated carbocycles. The third-order valence-corrected chi connectivity index (χ3v) is 3.16. The van der Waals surface area contributed by atoms with E-state index in [9.17, 15) is 0 Å². The summed E-state index contributed by atoms with van der Waals surface area (Å²) in [6.45, 7) is 10.3. The van der Waals surface area contributed by atoms with Crippen LogP contribution in [0.25, 0.3) is 0 Å². The molecule has 0 aliphatic rings. The second-order valence-corrected chi connectivity index (χ2v) is 5.02. The largest absolute Gasteiger partial charge is 0.414 e. The summed E-state index contributed by atoms with van der Waals surface area (Å²) >= 11 is 0. The number of rotatable bonds is 7. The van der Waals surface area contributed by atoms with E-state index >= 15 is 0 Å². The zero-order chi connectivity index (χ0) is 9.45. The van der Waals surface area contributed by atoms with Crippen LogP contribution in [0, 0.1) is 0 Å². The van der Waals surface area contributed by atoms with Crippen molar-refractivity contribution in [1.82, 2.24) is 0 Å². The van der Waals surface area contributed by atoms with Gasteiger partial charge in [0.25, 0.3) is 0 Å². The molecule has 2 heteroatoms. The minimum absolute atomic E-state index is 0.0928. The molecule has 0 saturated heterocycles. The summed E-state index contributed by atoms with van der Waals surface area (Å²) in [4.78, 5) is 0. The summed E-state index contributed by atoms with van der Waals surface area (Å²) in [6, 6.07) is 0. The van der Waals surface area contributed by atoms with E-state index in [0.717, 1.165) is 0 Å². The predicted molar refractivity (Wildman–Crippen MR) is 58.0 cm³/mol. The topological polar surface area (TPSA) is 9.23 Å². The quantitative estimate of drug-likeness (QED) is 0.439. The SMILES string of the molecule is C=C[SiH2]OC(C)(C)CCCCC. The highest BCUT2D eigenvalue weighted by molar-refractivity contribution is 6.34. The van der Waals surface area contributed by atoms with E-state index < -0.39 is 9.76 Å². The van der Waals surface area contributed by atoms with Crippen LogP contribution < -0.4 is 0 Å². The third kappa shape index (κ3) is 6.62. The minimum Gasteiger partial charge on any atom is -0.414 e. The summed E-state index contributed by atoms with van der Waals surface area (Å²) in [7, 11) is -0.453. The highest BCUT2D eigenvalue weighted by atomic mass is 28.2. The Morgan fingerprint density at radius 1 is 1.42 bits per heavy atom. The van der Waals surface area contributed by atoms with Gasteiger partial charge in [0.05, 0.1) is 5.60 Å². The fourth-order valence-electron chi connectivity index (χ4n) is 1.16. The molecule has 0 radical (unpaired) electrons. The van der Waals surface area contributed by atoms with Crippen LogP contribution in [0.15, 0.2) is 12.3 Å². The first kappa shape index (κ1) is 11.9. The molecule has 0 rings (SSSR count). The lowest BCUT2D eigenvalue weighted by atomic mass is 10.0. The Morgan fingerprint density at radius 3 is 2.58 bits per heavy atom. The highest BCUT2D eigenvalue weighted by Gasteiger charge is 2.15. The Kier molecular flexibility index (Phi) is 6.39. The van der Waals surface area contributed by atoms with Gasteiger partial charge in [-0.3, -0.25) is 0 Å². The van der Waals surface area contributed by atoms with Crippen molar-refractivity contribution in [3.05, 3.63) is 12.3 Å². The van der Waals surface area contributed by atoms with Gasteiger partial charge in [-0.2, -0.15) is 0 Å². The molecule has 0 aromatic carbocycles. The molecule has 0 aliphatic carbocycles. The Balaban J connectivity index is 3.48. The molecule has 0 unspecified atom stereocenters. The maximum atomic E-state index is 5.75. The maximum Gasteiger partial charge on any atom is 0.185 e. The van der Waals surface area contributed by atoms with E-state index in [-0.39, 0.29) is 5.60 Å².